The summed E-state index contributed by atoms with van der Waals surface area (Å²) in [4.78, 5) is 11.0. The maximum absolute atomic E-state index is 12.4. The molecule has 0 bridgehead atoms. The predicted octanol–water partition coefficient (Wildman–Crippen LogP) is 3.81. The molecule has 1 atom stereocenters. The van der Waals surface area contributed by atoms with Gasteiger partial charge in [0, 0.05) is 42.0 Å². The van der Waals surface area contributed by atoms with Crippen LogP contribution in [0.1, 0.15) is 68.5 Å². The molecule has 1 saturated carbocycles. The van der Waals surface area contributed by atoms with Crippen LogP contribution in [-0.2, 0) is 11.2 Å². The molecule has 1 aliphatic heterocycles. The molecule has 174 valence electrons. The zero-order chi connectivity index (χ0) is 23.4. The van der Waals surface area contributed by atoms with Gasteiger partial charge in [-0.05, 0) is 56.8 Å². The molecular weight excluding hydrogens is 416 g/mol. The molecular formula is C26H32N4O3. The number of hydrogen-bond donors (Lipinski definition) is 2. The quantitative estimate of drug-likeness (QED) is 0.592. The van der Waals surface area contributed by atoms with E-state index in [0.29, 0.717) is 22.9 Å². The van der Waals surface area contributed by atoms with Crippen molar-refractivity contribution in [2.24, 2.45) is 5.41 Å². The van der Waals surface area contributed by atoms with Crippen molar-refractivity contribution in [1.82, 2.24) is 20.0 Å². The van der Waals surface area contributed by atoms with E-state index in [1.165, 1.54) is 24.8 Å². The SMILES string of the molecule is CN1CC(C)(C(O)(c2ccc(C3CCC3)cc2)c2cncc(-c3noc(C(C)(C)O)n3)c2)C1. The Hall–Kier alpha value is -2.61. The third kappa shape index (κ3) is 3.68. The number of benzene rings is 1. The highest BCUT2D eigenvalue weighted by Gasteiger charge is 2.55. The van der Waals surface area contributed by atoms with Crippen molar-refractivity contribution in [3.63, 3.8) is 0 Å². The zero-order valence-corrected chi connectivity index (χ0v) is 19.7. The topological polar surface area (TPSA) is 95.5 Å². The molecule has 7 heteroatoms. The Kier molecular flexibility index (Phi) is 5.19. The zero-order valence-electron chi connectivity index (χ0n) is 19.7. The first-order valence-electron chi connectivity index (χ1n) is 11.6. The minimum absolute atomic E-state index is 0.136. The van der Waals surface area contributed by atoms with E-state index < -0.39 is 11.2 Å². The van der Waals surface area contributed by atoms with Gasteiger partial charge in [0.15, 0.2) is 0 Å². The van der Waals surface area contributed by atoms with Crippen molar-refractivity contribution >= 4 is 0 Å². The number of nitrogens with zero attached hydrogens (tertiary/aromatic N) is 4. The van der Waals surface area contributed by atoms with E-state index in [0.717, 1.165) is 18.7 Å². The van der Waals surface area contributed by atoms with Crippen molar-refractivity contribution in [3.05, 3.63) is 65.3 Å². The average Bonchev–Trinajstić information content (AvgIpc) is 3.22. The maximum atomic E-state index is 12.4. The van der Waals surface area contributed by atoms with Crippen LogP contribution in [0.25, 0.3) is 11.4 Å². The number of aromatic nitrogens is 3. The molecule has 1 aromatic carbocycles. The number of pyridine rings is 1. The molecule has 33 heavy (non-hydrogen) atoms. The van der Waals surface area contributed by atoms with Gasteiger partial charge in [0.25, 0.3) is 5.89 Å². The summed E-state index contributed by atoms with van der Waals surface area (Å²) in [6.45, 7) is 6.85. The number of aliphatic hydroxyl groups is 2. The Morgan fingerprint density at radius 2 is 1.76 bits per heavy atom. The summed E-state index contributed by atoms with van der Waals surface area (Å²) in [5, 5.41) is 26.6. The van der Waals surface area contributed by atoms with Crippen molar-refractivity contribution < 1.29 is 14.7 Å². The monoisotopic (exact) mass is 448 g/mol. The minimum atomic E-state index is -1.23. The van der Waals surface area contributed by atoms with Gasteiger partial charge in [-0.3, -0.25) is 4.98 Å². The molecule has 2 N–H and O–H groups in total. The molecule has 2 aromatic heterocycles. The van der Waals surface area contributed by atoms with E-state index in [4.69, 9.17) is 4.52 Å². The molecule has 2 fully saturated rings. The lowest BCUT2D eigenvalue weighted by Gasteiger charge is -2.55. The highest BCUT2D eigenvalue weighted by atomic mass is 16.5. The van der Waals surface area contributed by atoms with Crippen LogP contribution in [0.4, 0.5) is 0 Å². The van der Waals surface area contributed by atoms with Crippen LogP contribution in [0, 0.1) is 5.41 Å². The molecule has 1 saturated heterocycles. The maximum Gasteiger partial charge on any atom is 0.258 e. The first-order valence-corrected chi connectivity index (χ1v) is 11.6. The van der Waals surface area contributed by atoms with Crippen LogP contribution >= 0.6 is 0 Å². The molecule has 5 rings (SSSR count). The van der Waals surface area contributed by atoms with Gasteiger partial charge in [-0.2, -0.15) is 4.98 Å². The summed E-state index contributed by atoms with van der Waals surface area (Å²) in [6, 6.07) is 10.4. The van der Waals surface area contributed by atoms with Gasteiger partial charge in [0.05, 0.1) is 0 Å². The second-order valence-electron chi connectivity index (χ2n) is 10.6. The van der Waals surface area contributed by atoms with Crippen LogP contribution < -0.4 is 0 Å². The smallest absolute Gasteiger partial charge is 0.258 e. The fourth-order valence-electron chi connectivity index (χ4n) is 5.32. The van der Waals surface area contributed by atoms with Gasteiger partial charge < -0.3 is 19.6 Å². The molecule has 0 spiro atoms. The molecule has 0 radical (unpaired) electrons. The Bertz CT molecular complexity index is 1140. The van der Waals surface area contributed by atoms with Crippen molar-refractivity contribution in [3.8, 4) is 11.4 Å². The fourth-order valence-corrected chi connectivity index (χ4v) is 5.32. The van der Waals surface area contributed by atoms with E-state index in [-0.39, 0.29) is 11.3 Å². The largest absolute Gasteiger partial charge is 0.381 e. The van der Waals surface area contributed by atoms with Crippen LogP contribution in [0.5, 0.6) is 0 Å². The van der Waals surface area contributed by atoms with Gasteiger partial charge in [-0.25, -0.2) is 0 Å². The summed E-state index contributed by atoms with van der Waals surface area (Å²) < 4.78 is 5.25. The minimum Gasteiger partial charge on any atom is -0.381 e. The van der Waals surface area contributed by atoms with Crippen molar-refractivity contribution in [1.29, 1.82) is 0 Å². The summed E-state index contributed by atoms with van der Waals surface area (Å²) >= 11 is 0. The van der Waals surface area contributed by atoms with E-state index in [2.05, 4.69) is 58.3 Å². The second kappa shape index (κ2) is 7.72. The predicted molar refractivity (Wildman–Crippen MR) is 124 cm³/mol. The third-order valence-electron chi connectivity index (χ3n) is 7.38. The van der Waals surface area contributed by atoms with Gasteiger partial charge in [0.2, 0.25) is 5.82 Å². The second-order valence-corrected chi connectivity index (χ2v) is 10.6. The van der Waals surface area contributed by atoms with Gasteiger partial charge in [-0.1, -0.05) is 42.8 Å². The van der Waals surface area contributed by atoms with Crippen LogP contribution in [0.15, 0.2) is 47.2 Å². The first kappa shape index (κ1) is 22.2. The lowest BCUT2D eigenvalue weighted by atomic mass is 9.62. The fraction of sp³-hybridized carbons (Fsp3) is 0.500. The molecule has 1 aliphatic carbocycles. The molecule has 3 heterocycles. The van der Waals surface area contributed by atoms with Crippen LogP contribution in [-0.4, -0.2) is 50.4 Å². The van der Waals surface area contributed by atoms with E-state index in [1.54, 1.807) is 26.2 Å². The standard InChI is InChI=1S/C26H32N4O3/c1-24(2,31)23-28-22(29-33-23)19-12-21(14-27-13-19)26(32,25(3)15-30(4)16-25)20-10-8-18(9-11-20)17-6-5-7-17/h8-14,17,31-32H,5-7,15-16H2,1-4H3. The summed E-state index contributed by atoms with van der Waals surface area (Å²) in [5.41, 5.74) is 0.697. The van der Waals surface area contributed by atoms with Gasteiger partial charge >= 0.3 is 0 Å². The Labute approximate surface area is 194 Å². The molecule has 3 aromatic rings. The van der Waals surface area contributed by atoms with E-state index in [9.17, 15) is 10.2 Å². The first-order chi connectivity index (χ1) is 15.6. The molecule has 0 amide bonds. The van der Waals surface area contributed by atoms with Crippen molar-refractivity contribution in [2.45, 2.75) is 57.2 Å². The van der Waals surface area contributed by atoms with E-state index in [1.807, 2.05) is 6.07 Å². The molecule has 2 aliphatic rings. The summed E-state index contributed by atoms with van der Waals surface area (Å²) in [6.07, 6.45) is 7.16. The summed E-state index contributed by atoms with van der Waals surface area (Å²) in [5.74, 6) is 1.11. The lowest BCUT2D eigenvalue weighted by molar-refractivity contribution is -0.127. The number of likely N-dealkylation sites (tertiary alicyclic amines) is 1. The highest BCUT2D eigenvalue weighted by molar-refractivity contribution is 5.56. The highest BCUT2D eigenvalue weighted by Crippen LogP contribution is 2.50. The third-order valence-corrected chi connectivity index (χ3v) is 7.38. The van der Waals surface area contributed by atoms with Gasteiger partial charge in [-0.15, -0.1) is 0 Å². The Morgan fingerprint density at radius 1 is 1.06 bits per heavy atom. The molecule has 1 unspecified atom stereocenters. The van der Waals surface area contributed by atoms with Crippen LogP contribution in [0.3, 0.4) is 0 Å². The number of hydrogen-bond acceptors (Lipinski definition) is 7. The number of rotatable bonds is 6. The average molecular weight is 449 g/mol. The van der Waals surface area contributed by atoms with E-state index >= 15 is 0 Å². The Morgan fingerprint density at radius 3 is 2.30 bits per heavy atom. The van der Waals surface area contributed by atoms with Crippen LogP contribution in [0.2, 0.25) is 0 Å². The van der Waals surface area contributed by atoms with Gasteiger partial charge in [0.1, 0.15) is 11.2 Å². The lowest BCUT2D eigenvalue weighted by Crippen LogP contribution is -2.63. The summed E-state index contributed by atoms with van der Waals surface area (Å²) in [7, 11) is 2.06. The molecule has 7 nitrogen and oxygen atoms in total. The normalized spacial score (nSPS) is 20.7. The van der Waals surface area contributed by atoms with Crippen molar-refractivity contribution in [2.75, 3.05) is 20.1 Å². The Balaban J connectivity index is 1.56.